The highest BCUT2D eigenvalue weighted by atomic mass is 35.5. The lowest BCUT2D eigenvalue weighted by Crippen LogP contribution is -2.24. The van der Waals surface area contributed by atoms with Crippen molar-refractivity contribution in [2.45, 2.75) is 46.2 Å². The van der Waals surface area contributed by atoms with Crippen molar-refractivity contribution in [2.75, 3.05) is 11.4 Å². The number of hydrogen-bond donors (Lipinski definition) is 0. The van der Waals surface area contributed by atoms with Crippen LogP contribution in [0, 0.1) is 24.2 Å². The maximum Gasteiger partial charge on any atom is 0.132 e. The highest BCUT2D eigenvalue weighted by Crippen LogP contribution is 2.39. The molecule has 0 spiro atoms. The Morgan fingerprint density at radius 2 is 2.21 bits per heavy atom. The SMILES string of the molecule is Cc1nn(CC(C)C)c(Cl)c1C1CCCN1c1ccc(C#N)cn1. The highest BCUT2D eigenvalue weighted by Gasteiger charge is 2.32. The molecule has 0 amide bonds. The van der Waals surface area contributed by atoms with Crippen LogP contribution in [-0.4, -0.2) is 21.3 Å². The molecule has 2 aromatic rings. The van der Waals surface area contributed by atoms with Crippen molar-refractivity contribution >= 4 is 17.4 Å². The van der Waals surface area contributed by atoms with Crippen LogP contribution in [-0.2, 0) is 6.54 Å². The lowest BCUT2D eigenvalue weighted by atomic mass is 10.1. The zero-order valence-electron chi connectivity index (χ0n) is 14.3. The molecular formula is C18H22ClN5. The van der Waals surface area contributed by atoms with Crippen LogP contribution >= 0.6 is 11.6 Å². The van der Waals surface area contributed by atoms with Gasteiger partial charge in [-0.25, -0.2) is 4.98 Å². The van der Waals surface area contributed by atoms with E-state index in [2.05, 4.69) is 34.9 Å². The molecule has 1 aliphatic rings. The van der Waals surface area contributed by atoms with Crippen molar-refractivity contribution in [2.24, 2.45) is 5.92 Å². The smallest absolute Gasteiger partial charge is 0.132 e. The molecule has 5 nitrogen and oxygen atoms in total. The summed E-state index contributed by atoms with van der Waals surface area (Å²) in [5, 5.41) is 14.3. The molecule has 1 aliphatic heterocycles. The largest absolute Gasteiger partial charge is 0.349 e. The summed E-state index contributed by atoms with van der Waals surface area (Å²) in [6, 6.07) is 6.03. The minimum absolute atomic E-state index is 0.193. The van der Waals surface area contributed by atoms with Crippen LogP contribution in [0.1, 0.15) is 49.6 Å². The summed E-state index contributed by atoms with van der Waals surface area (Å²) in [6.07, 6.45) is 3.76. The maximum atomic E-state index is 8.94. The van der Waals surface area contributed by atoms with Gasteiger partial charge >= 0.3 is 0 Å². The maximum absolute atomic E-state index is 8.94. The van der Waals surface area contributed by atoms with Gasteiger partial charge in [0, 0.05) is 24.8 Å². The van der Waals surface area contributed by atoms with Gasteiger partial charge < -0.3 is 4.90 Å². The lowest BCUT2D eigenvalue weighted by molar-refractivity contribution is 0.481. The molecular weight excluding hydrogens is 322 g/mol. The molecule has 1 atom stereocenters. The molecule has 0 saturated carbocycles. The molecule has 0 radical (unpaired) electrons. The molecule has 2 aromatic heterocycles. The second kappa shape index (κ2) is 6.82. The second-order valence-corrected chi connectivity index (χ2v) is 7.09. The van der Waals surface area contributed by atoms with Crippen molar-refractivity contribution in [3.63, 3.8) is 0 Å². The molecule has 0 aliphatic carbocycles. The Morgan fingerprint density at radius 3 is 2.83 bits per heavy atom. The van der Waals surface area contributed by atoms with Crippen molar-refractivity contribution < 1.29 is 0 Å². The number of nitrogens with zero attached hydrogens (tertiary/aromatic N) is 5. The zero-order valence-corrected chi connectivity index (χ0v) is 15.1. The van der Waals surface area contributed by atoms with Crippen LogP contribution in [0.25, 0.3) is 0 Å². The fraction of sp³-hybridized carbons (Fsp3) is 0.500. The quantitative estimate of drug-likeness (QED) is 0.838. The first-order valence-electron chi connectivity index (χ1n) is 8.37. The number of hydrogen-bond acceptors (Lipinski definition) is 4. The number of aryl methyl sites for hydroxylation is 1. The Balaban J connectivity index is 1.93. The summed E-state index contributed by atoms with van der Waals surface area (Å²) in [5.41, 5.74) is 2.68. The first kappa shape index (κ1) is 16.8. The monoisotopic (exact) mass is 343 g/mol. The Hall–Kier alpha value is -2.06. The van der Waals surface area contributed by atoms with Gasteiger partial charge in [0.15, 0.2) is 0 Å². The van der Waals surface area contributed by atoms with Crippen molar-refractivity contribution in [3.05, 3.63) is 40.3 Å². The number of pyridine rings is 1. The number of halogens is 1. The van der Waals surface area contributed by atoms with Gasteiger partial charge in [-0.15, -0.1) is 0 Å². The third-order valence-electron chi connectivity index (χ3n) is 4.40. The van der Waals surface area contributed by atoms with E-state index in [1.54, 1.807) is 6.20 Å². The van der Waals surface area contributed by atoms with E-state index >= 15 is 0 Å². The van der Waals surface area contributed by atoms with Crippen LogP contribution in [0.3, 0.4) is 0 Å². The zero-order chi connectivity index (χ0) is 17.3. The Bertz CT molecular complexity index is 757. The van der Waals surface area contributed by atoms with Crippen LogP contribution < -0.4 is 4.90 Å². The Labute approximate surface area is 147 Å². The van der Waals surface area contributed by atoms with Crippen LogP contribution in [0.15, 0.2) is 18.3 Å². The number of anilines is 1. The highest BCUT2D eigenvalue weighted by molar-refractivity contribution is 6.30. The minimum atomic E-state index is 0.193. The average Bonchev–Trinajstić information content (AvgIpc) is 3.12. The minimum Gasteiger partial charge on any atom is -0.349 e. The molecule has 3 rings (SSSR count). The van der Waals surface area contributed by atoms with E-state index in [0.717, 1.165) is 48.2 Å². The predicted molar refractivity (Wildman–Crippen MR) is 95.1 cm³/mol. The molecule has 24 heavy (non-hydrogen) atoms. The average molecular weight is 344 g/mol. The van der Waals surface area contributed by atoms with E-state index in [-0.39, 0.29) is 6.04 Å². The van der Waals surface area contributed by atoms with E-state index < -0.39 is 0 Å². The summed E-state index contributed by atoms with van der Waals surface area (Å²) < 4.78 is 1.92. The van der Waals surface area contributed by atoms with Gasteiger partial charge in [0.05, 0.1) is 17.3 Å². The topological polar surface area (TPSA) is 57.7 Å². The normalized spacial score (nSPS) is 17.5. The van der Waals surface area contributed by atoms with E-state index in [4.69, 9.17) is 16.9 Å². The third-order valence-corrected chi connectivity index (χ3v) is 4.80. The Kier molecular flexibility index (Phi) is 4.77. The number of aromatic nitrogens is 3. The van der Waals surface area contributed by atoms with E-state index in [1.165, 1.54) is 0 Å². The first-order valence-corrected chi connectivity index (χ1v) is 8.74. The molecule has 0 bridgehead atoms. The van der Waals surface area contributed by atoms with E-state index in [9.17, 15) is 0 Å². The van der Waals surface area contributed by atoms with Gasteiger partial charge in [0.2, 0.25) is 0 Å². The van der Waals surface area contributed by atoms with Crippen molar-refractivity contribution in [1.82, 2.24) is 14.8 Å². The van der Waals surface area contributed by atoms with Crippen molar-refractivity contribution in [3.8, 4) is 6.07 Å². The molecule has 6 heteroatoms. The molecule has 0 N–H and O–H groups in total. The van der Waals surface area contributed by atoms with Gasteiger partial charge in [-0.05, 0) is 37.8 Å². The van der Waals surface area contributed by atoms with Gasteiger partial charge in [0.25, 0.3) is 0 Å². The van der Waals surface area contributed by atoms with E-state index in [1.807, 2.05) is 23.7 Å². The lowest BCUT2D eigenvalue weighted by Gasteiger charge is -2.26. The molecule has 3 heterocycles. The molecule has 1 fully saturated rings. The number of rotatable bonds is 4. The summed E-state index contributed by atoms with van der Waals surface area (Å²) >= 11 is 6.66. The van der Waals surface area contributed by atoms with Gasteiger partial charge in [0.1, 0.15) is 17.0 Å². The summed E-state index contributed by atoms with van der Waals surface area (Å²) in [4.78, 5) is 6.73. The Morgan fingerprint density at radius 1 is 1.42 bits per heavy atom. The van der Waals surface area contributed by atoms with Crippen LogP contribution in [0.5, 0.6) is 0 Å². The van der Waals surface area contributed by atoms with Gasteiger partial charge in [-0.2, -0.15) is 10.4 Å². The molecule has 126 valence electrons. The fourth-order valence-corrected chi connectivity index (χ4v) is 3.75. The molecule has 1 unspecified atom stereocenters. The van der Waals surface area contributed by atoms with Crippen molar-refractivity contribution in [1.29, 1.82) is 5.26 Å². The predicted octanol–water partition coefficient (Wildman–Crippen LogP) is 4.11. The second-order valence-electron chi connectivity index (χ2n) is 6.73. The van der Waals surface area contributed by atoms with Gasteiger partial charge in [-0.3, -0.25) is 4.68 Å². The summed E-state index contributed by atoms with van der Waals surface area (Å²) in [7, 11) is 0. The number of nitriles is 1. The summed E-state index contributed by atoms with van der Waals surface area (Å²) in [6.45, 7) is 8.11. The van der Waals surface area contributed by atoms with Crippen LogP contribution in [0.2, 0.25) is 5.15 Å². The fourth-order valence-electron chi connectivity index (χ4n) is 3.38. The summed E-state index contributed by atoms with van der Waals surface area (Å²) in [5.74, 6) is 1.39. The van der Waals surface area contributed by atoms with Gasteiger partial charge in [-0.1, -0.05) is 25.4 Å². The standard InChI is InChI=1S/C18H22ClN5/c1-12(2)11-24-18(19)17(13(3)22-24)15-5-4-8-23(15)16-7-6-14(9-20)10-21-16/h6-7,10,12,15H,4-5,8,11H2,1-3H3. The third kappa shape index (κ3) is 3.11. The van der Waals surface area contributed by atoms with E-state index in [0.29, 0.717) is 11.5 Å². The molecule has 1 saturated heterocycles. The van der Waals surface area contributed by atoms with Crippen LogP contribution in [0.4, 0.5) is 5.82 Å². The molecule has 0 aromatic carbocycles. The first-order chi connectivity index (χ1) is 11.5.